The Hall–Kier alpha value is -1.76. The largest absolute Gasteiger partial charge is 0.489 e. The van der Waals surface area contributed by atoms with Crippen molar-refractivity contribution < 1.29 is 4.74 Å². The first-order chi connectivity index (χ1) is 8.40. The van der Waals surface area contributed by atoms with Gasteiger partial charge in [-0.05, 0) is 42.5 Å². The lowest BCUT2D eigenvalue weighted by molar-refractivity contribution is 0.346. The number of para-hydroxylation sites is 1. The third-order valence-corrected chi connectivity index (χ3v) is 2.91. The maximum absolute atomic E-state index is 5.80. The molecule has 1 aromatic carbocycles. The number of ether oxygens (including phenoxy) is 1. The molecular formula is C16H18O. The molecule has 1 heteroatoms. The lowest BCUT2D eigenvalue weighted by Crippen LogP contribution is -2.06. The van der Waals surface area contributed by atoms with Crippen LogP contribution in [0.4, 0.5) is 0 Å². The summed E-state index contributed by atoms with van der Waals surface area (Å²) in [6.07, 6.45) is 9.54. The van der Waals surface area contributed by atoms with E-state index in [1.54, 1.807) is 0 Å². The Bertz CT molecular complexity index is 426. The molecule has 0 heterocycles. The van der Waals surface area contributed by atoms with Crippen molar-refractivity contribution in [2.24, 2.45) is 0 Å². The summed E-state index contributed by atoms with van der Waals surface area (Å²) in [6, 6.07) is 9.97. The van der Waals surface area contributed by atoms with Crippen LogP contribution in [0.2, 0.25) is 0 Å². The molecule has 0 amide bonds. The minimum atomic E-state index is 0.692. The van der Waals surface area contributed by atoms with Crippen molar-refractivity contribution in [1.29, 1.82) is 0 Å². The summed E-state index contributed by atoms with van der Waals surface area (Å²) >= 11 is 0. The zero-order valence-corrected chi connectivity index (χ0v) is 10.1. The van der Waals surface area contributed by atoms with Gasteiger partial charge in [0.25, 0.3) is 0 Å². The molecular weight excluding hydrogens is 208 g/mol. The van der Waals surface area contributed by atoms with E-state index in [9.17, 15) is 0 Å². The molecule has 0 bridgehead atoms. The van der Waals surface area contributed by atoms with Crippen molar-refractivity contribution in [2.45, 2.75) is 19.3 Å². The average molecular weight is 226 g/mol. The number of hydrogen-bond acceptors (Lipinski definition) is 1. The first-order valence-electron chi connectivity index (χ1n) is 6.06. The highest BCUT2D eigenvalue weighted by atomic mass is 16.5. The van der Waals surface area contributed by atoms with Crippen molar-refractivity contribution in [1.82, 2.24) is 0 Å². The molecule has 1 aliphatic carbocycles. The highest BCUT2D eigenvalue weighted by Gasteiger charge is 2.08. The number of rotatable bonds is 5. The van der Waals surface area contributed by atoms with Crippen LogP contribution in [0.5, 0.6) is 5.75 Å². The summed E-state index contributed by atoms with van der Waals surface area (Å²) in [5, 5.41) is 0. The van der Waals surface area contributed by atoms with Crippen molar-refractivity contribution in [3.05, 3.63) is 66.3 Å². The van der Waals surface area contributed by atoms with E-state index in [2.05, 4.69) is 18.7 Å². The molecule has 0 spiro atoms. The maximum atomic E-state index is 5.80. The van der Waals surface area contributed by atoms with Gasteiger partial charge in [-0.3, -0.25) is 0 Å². The average Bonchev–Trinajstić information content (AvgIpc) is 2.39. The van der Waals surface area contributed by atoms with E-state index in [1.165, 1.54) is 11.1 Å². The normalized spacial score (nSPS) is 14.8. The van der Waals surface area contributed by atoms with E-state index in [0.717, 1.165) is 25.0 Å². The van der Waals surface area contributed by atoms with Crippen molar-refractivity contribution in [3.8, 4) is 5.75 Å². The smallest absolute Gasteiger partial charge is 0.119 e. The summed E-state index contributed by atoms with van der Waals surface area (Å²) in [7, 11) is 0. The molecule has 17 heavy (non-hydrogen) atoms. The van der Waals surface area contributed by atoms with E-state index < -0.39 is 0 Å². The Kier molecular flexibility index (Phi) is 4.20. The maximum Gasteiger partial charge on any atom is 0.119 e. The third kappa shape index (κ3) is 3.35. The minimum absolute atomic E-state index is 0.692. The lowest BCUT2D eigenvalue weighted by atomic mass is 9.96. The van der Waals surface area contributed by atoms with Crippen LogP contribution in [-0.2, 0) is 0 Å². The van der Waals surface area contributed by atoms with Crippen molar-refractivity contribution >= 4 is 0 Å². The van der Waals surface area contributed by atoms with Gasteiger partial charge in [-0.2, -0.15) is 0 Å². The zero-order valence-electron chi connectivity index (χ0n) is 10.1. The quantitative estimate of drug-likeness (QED) is 0.681. The number of allylic oxidation sites excluding steroid dienone is 4. The first kappa shape index (κ1) is 11.7. The van der Waals surface area contributed by atoms with Crippen LogP contribution >= 0.6 is 0 Å². The van der Waals surface area contributed by atoms with Crippen molar-refractivity contribution in [3.63, 3.8) is 0 Å². The Morgan fingerprint density at radius 1 is 1.24 bits per heavy atom. The fourth-order valence-corrected chi connectivity index (χ4v) is 1.98. The van der Waals surface area contributed by atoms with E-state index >= 15 is 0 Å². The third-order valence-electron chi connectivity index (χ3n) is 2.91. The van der Waals surface area contributed by atoms with Gasteiger partial charge >= 0.3 is 0 Å². The molecule has 0 fully saturated rings. The predicted octanol–water partition coefficient (Wildman–Crippen LogP) is 4.29. The monoisotopic (exact) mass is 226 g/mol. The molecule has 1 aromatic rings. The van der Waals surface area contributed by atoms with Gasteiger partial charge in [-0.25, -0.2) is 0 Å². The van der Waals surface area contributed by atoms with Gasteiger partial charge in [-0.15, -0.1) is 6.58 Å². The highest BCUT2D eigenvalue weighted by molar-refractivity contribution is 5.32. The van der Waals surface area contributed by atoms with Crippen LogP contribution < -0.4 is 4.74 Å². The van der Waals surface area contributed by atoms with Gasteiger partial charge in [-0.1, -0.05) is 36.4 Å². The molecule has 2 rings (SSSR count). The summed E-state index contributed by atoms with van der Waals surface area (Å²) in [4.78, 5) is 0. The number of benzene rings is 1. The number of hydrogen-bond donors (Lipinski definition) is 0. The predicted molar refractivity (Wildman–Crippen MR) is 72.2 cm³/mol. The molecule has 0 unspecified atom stereocenters. The van der Waals surface area contributed by atoms with E-state index in [0.29, 0.717) is 6.61 Å². The Labute approximate surface area is 103 Å². The minimum Gasteiger partial charge on any atom is -0.489 e. The lowest BCUT2D eigenvalue weighted by Gasteiger charge is -2.16. The molecule has 1 aliphatic rings. The van der Waals surface area contributed by atoms with Crippen LogP contribution in [0.1, 0.15) is 19.3 Å². The second kappa shape index (κ2) is 6.09. The van der Waals surface area contributed by atoms with Crippen LogP contribution in [-0.4, -0.2) is 6.61 Å². The fourth-order valence-electron chi connectivity index (χ4n) is 1.98. The summed E-state index contributed by atoms with van der Waals surface area (Å²) in [5.74, 6) is 0.938. The molecule has 0 N–H and O–H groups in total. The molecule has 88 valence electrons. The van der Waals surface area contributed by atoms with E-state index in [1.807, 2.05) is 36.4 Å². The Morgan fingerprint density at radius 2 is 2.06 bits per heavy atom. The summed E-state index contributed by atoms with van der Waals surface area (Å²) in [6.45, 7) is 4.49. The van der Waals surface area contributed by atoms with E-state index in [-0.39, 0.29) is 0 Å². The molecule has 0 radical (unpaired) electrons. The fraction of sp³-hybridized carbons (Fsp3) is 0.250. The topological polar surface area (TPSA) is 9.23 Å². The zero-order chi connectivity index (χ0) is 11.9. The molecule has 1 nitrogen and oxygen atoms in total. The summed E-state index contributed by atoms with van der Waals surface area (Å²) < 4.78 is 5.80. The standard InChI is InChI=1S/C16H18O/c1-2-8-14-9-6-7-10-15(14)13-17-16-11-4-3-5-12-16/h2-6,9,11-12H,1,7-8,10,13H2. The second-order valence-corrected chi connectivity index (χ2v) is 4.16. The van der Waals surface area contributed by atoms with Crippen LogP contribution in [0.15, 0.2) is 66.3 Å². The SMILES string of the molecule is C=CCC1=C(COc2ccccc2)CCC=C1. The van der Waals surface area contributed by atoms with Crippen LogP contribution in [0.3, 0.4) is 0 Å². The molecule has 0 saturated heterocycles. The molecule has 0 saturated carbocycles. The molecule has 0 aliphatic heterocycles. The van der Waals surface area contributed by atoms with Gasteiger partial charge < -0.3 is 4.74 Å². The Balaban J connectivity index is 2.01. The first-order valence-corrected chi connectivity index (χ1v) is 6.06. The van der Waals surface area contributed by atoms with Crippen molar-refractivity contribution in [2.75, 3.05) is 6.61 Å². The highest BCUT2D eigenvalue weighted by Crippen LogP contribution is 2.23. The summed E-state index contributed by atoms with van der Waals surface area (Å²) in [5.41, 5.74) is 2.76. The van der Waals surface area contributed by atoms with Gasteiger partial charge in [0.05, 0.1) is 0 Å². The molecule has 0 atom stereocenters. The van der Waals surface area contributed by atoms with E-state index in [4.69, 9.17) is 4.74 Å². The van der Waals surface area contributed by atoms with Crippen LogP contribution in [0.25, 0.3) is 0 Å². The van der Waals surface area contributed by atoms with Gasteiger partial charge in [0.15, 0.2) is 0 Å². The van der Waals surface area contributed by atoms with Crippen LogP contribution in [0, 0.1) is 0 Å². The van der Waals surface area contributed by atoms with Gasteiger partial charge in [0.1, 0.15) is 12.4 Å². The van der Waals surface area contributed by atoms with Gasteiger partial charge in [0, 0.05) is 0 Å². The van der Waals surface area contributed by atoms with Gasteiger partial charge in [0.2, 0.25) is 0 Å². The Morgan fingerprint density at radius 3 is 2.82 bits per heavy atom. The molecule has 0 aromatic heterocycles. The second-order valence-electron chi connectivity index (χ2n) is 4.16.